The summed E-state index contributed by atoms with van der Waals surface area (Å²) in [6.07, 6.45) is 0. The van der Waals surface area contributed by atoms with Crippen molar-refractivity contribution >= 4 is 24.2 Å². The van der Waals surface area contributed by atoms with Gasteiger partial charge in [0.15, 0.2) is 0 Å². The average Bonchev–Trinajstić information content (AvgIpc) is 2.06. The Kier molecular flexibility index (Phi) is 8.20. The molecule has 0 saturated heterocycles. The molecule has 0 aliphatic carbocycles. The Balaban J connectivity index is 0.00000441. The minimum Gasteiger partial charge on any atom is -0.177 e. The fraction of sp³-hybridized carbons (Fsp3) is 0.667. The topological polar surface area (TPSA) is 0 Å². The maximum atomic E-state index is 3.77. The van der Waals surface area contributed by atoms with Crippen molar-refractivity contribution in [1.82, 2.24) is 0 Å². The van der Waals surface area contributed by atoms with Crippen LogP contribution in [0.2, 0.25) is 58.9 Å². The van der Waals surface area contributed by atoms with Crippen LogP contribution in [0.3, 0.4) is 0 Å². The summed E-state index contributed by atoms with van der Waals surface area (Å²) in [4.78, 5) is 0. The van der Waals surface area contributed by atoms with Gasteiger partial charge < -0.3 is 0 Å². The molecule has 0 fully saturated rings. The summed E-state index contributed by atoms with van der Waals surface area (Å²) in [6, 6.07) is 12.5. The summed E-state index contributed by atoms with van der Waals surface area (Å²) >= 11 is 0. The third-order valence-electron chi connectivity index (χ3n) is 3.22. The van der Waals surface area contributed by atoms with Crippen LogP contribution in [0, 0.1) is 6.07 Å². The number of hydrogen-bond donors (Lipinski definition) is 0. The molecule has 0 amide bonds. The summed E-state index contributed by atoms with van der Waals surface area (Å²) in [5, 5.41) is 0. The second-order valence-electron chi connectivity index (χ2n) is 10.3. The summed E-state index contributed by atoms with van der Waals surface area (Å²) in [6.45, 7) is 22.2. The normalized spacial score (nSPS) is 13.0. The Morgan fingerprint density at radius 3 is 1.23 bits per heavy atom. The monoisotopic (exact) mass is 342 g/mol. The summed E-state index contributed by atoms with van der Waals surface area (Å²) in [5.41, 5.74) is 4.55. The number of benzene rings is 1. The van der Waals surface area contributed by atoms with E-state index in [1.807, 2.05) is 0 Å². The minimum atomic E-state index is -1.07. The van der Waals surface area contributed by atoms with Gasteiger partial charge in [0.2, 0.25) is 0 Å². The van der Waals surface area contributed by atoms with Crippen molar-refractivity contribution in [2.75, 3.05) is 0 Å². The fourth-order valence-corrected chi connectivity index (χ4v) is 6.91. The van der Waals surface area contributed by atoms with Gasteiger partial charge in [-0.15, -0.1) is 0 Å². The zero-order valence-corrected chi connectivity index (χ0v) is 19.8. The number of rotatable bonds is 6. The molecule has 0 heterocycles. The van der Waals surface area contributed by atoms with E-state index >= 15 is 0 Å². The molecule has 22 heavy (non-hydrogen) atoms. The van der Waals surface area contributed by atoms with Gasteiger partial charge in [-0.2, -0.15) is 34.9 Å². The second kappa shape index (κ2) is 8.03. The van der Waals surface area contributed by atoms with Gasteiger partial charge in [-0.05, 0) is 0 Å². The first-order valence-electron chi connectivity index (χ1n) is 8.28. The van der Waals surface area contributed by atoms with E-state index in [4.69, 9.17) is 0 Å². The number of hydrogen-bond acceptors (Lipinski definition) is 0. The van der Waals surface area contributed by atoms with Crippen molar-refractivity contribution < 1.29 is 18.9 Å². The van der Waals surface area contributed by atoms with E-state index in [2.05, 4.69) is 77.1 Å². The molecule has 0 aromatic heterocycles. The van der Waals surface area contributed by atoms with Crippen molar-refractivity contribution in [3.8, 4) is 0 Å². The molecule has 0 saturated carbocycles. The molecule has 0 aliphatic rings. The molecule has 0 N–H and O–H groups in total. The van der Waals surface area contributed by atoms with Crippen LogP contribution in [0.1, 0.15) is 16.7 Å². The molecule has 0 spiro atoms. The first-order chi connectivity index (χ1) is 9.23. The first-order valence-corrected chi connectivity index (χ1v) is 19.4. The molecule has 1 rings (SSSR count). The zero-order chi connectivity index (χ0) is 16.5. The van der Waals surface area contributed by atoms with Crippen LogP contribution >= 0.6 is 0 Å². The molecule has 0 bridgehead atoms. The van der Waals surface area contributed by atoms with E-state index in [0.717, 1.165) is 0 Å². The van der Waals surface area contributed by atoms with E-state index in [9.17, 15) is 0 Å². The average molecular weight is 343 g/mol. The minimum absolute atomic E-state index is 0. The van der Waals surface area contributed by atoms with Crippen LogP contribution in [-0.4, -0.2) is 24.2 Å². The molecule has 0 radical (unpaired) electrons. The first kappa shape index (κ1) is 22.5. The molecule has 0 nitrogen and oxygen atoms in total. The van der Waals surface area contributed by atoms with E-state index < -0.39 is 24.2 Å². The smallest absolute Gasteiger partial charge is 0.177 e. The predicted molar refractivity (Wildman–Crippen MR) is 106 cm³/mol. The van der Waals surface area contributed by atoms with Gasteiger partial charge in [-0.25, -0.2) is 0 Å². The van der Waals surface area contributed by atoms with E-state index in [1.165, 1.54) is 29.3 Å². The Morgan fingerprint density at radius 1 is 0.636 bits per heavy atom. The Morgan fingerprint density at radius 2 is 0.955 bits per heavy atom. The van der Waals surface area contributed by atoms with Crippen molar-refractivity contribution in [3.05, 3.63) is 34.9 Å². The summed E-state index contributed by atoms with van der Waals surface area (Å²) in [5.74, 6) is 0. The van der Waals surface area contributed by atoms with Crippen molar-refractivity contribution in [2.45, 2.75) is 77.1 Å². The molecular formula is C18H35LiSi3. The van der Waals surface area contributed by atoms with Crippen molar-refractivity contribution in [1.29, 1.82) is 0 Å². The van der Waals surface area contributed by atoms with E-state index in [-0.39, 0.29) is 18.9 Å². The Labute approximate surface area is 154 Å². The van der Waals surface area contributed by atoms with Crippen LogP contribution in [-0.2, 0) is 18.1 Å². The van der Waals surface area contributed by atoms with E-state index in [0.29, 0.717) is 0 Å². The van der Waals surface area contributed by atoms with Gasteiger partial charge in [-0.1, -0.05) is 77.1 Å². The molecule has 0 atom stereocenters. The van der Waals surface area contributed by atoms with Crippen LogP contribution in [0.4, 0.5) is 0 Å². The fourth-order valence-electron chi connectivity index (χ4n) is 2.82. The zero-order valence-electron chi connectivity index (χ0n) is 16.8. The third kappa shape index (κ3) is 10.3. The van der Waals surface area contributed by atoms with Gasteiger partial charge in [-0.3, -0.25) is 0 Å². The molecule has 120 valence electrons. The Bertz CT molecular complexity index is 393. The summed E-state index contributed by atoms with van der Waals surface area (Å²) < 4.78 is 0. The van der Waals surface area contributed by atoms with E-state index in [1.54, 1.807) is 5.56 Å². The molecule has 0 aliphatic heterocycles. The quantitative estimate of drug-likeness (QED) is 0.551. The molecule has 1 aromatic carbocycles. The molecular weight excluding hydrogens is 307 g/mol. The van der Waals surface area contributed by atoms with Crippen LogP contribution in [0.25, 0.3) is 0 Å². The van der Waals surface area contributed by atoms with Crippen LogP contribution < -0.4 is 18.9 Å². The van der Waals surface area contributed by atoms with Gasteiger partial charge in [0.25, 0.3) is 0 Å². The van der Waals surface area contributed by atoms with Gasteiger partial charge in [0, 0.05) is 24.2 Å². The van der Waals surface area contributed by atoms with Crippen molar-refractivity contribution in [2.24, 2.45) is 0 Å². The van der Waals surface area contributed by atoms with Gasteiger partial charge >= 0.3 is 18.9 Å². The van der Waals surface area contributed by atoms with Gasteiger partial charge in [0.1, 0.15) is 0 Å². The maximum Gasteiger partial charge on any atom is 1.00 e. The summed E-state index contributed by atoms with van der Waals surface area (Å²) in [7, 11) is -3.19. The molecule has 0 unspecified atom stereocenters. The predicted octanol–water partition coefficient (Wildman–Crippen LogP) is 2.75. The van der Waals surface area contributed by atoms with Crippen LogP contribution in [0.5, 0.6) is 0 Å². The Hall–Kier alpha value is 0.468. The third-order valence-corrected chi connectivity index (χ3v) is 7.57. The molecule has 4 heteroatoms. The standard InChI is InChI=1S/C18H35Si3.Li/c1-19(2,3)13-16-10-17(14-20(4,5)6)12-18(11-16)15-21(7,8)9;/h10-11H,13-15H2,1-9H3;/q-1;+1. The second-order valence-corrected chi connectivity index (χ2v) is 26.7. The van der Waals surface area contributed by atoms with Gasteiger partial charge in [0.05, 0.1) is 0 Å². The largest absolute Gasteiger partial charge is 1.00 e. The van der Waals surface area contributed by atoms with Crippen molar-refractivity contribution in [3.63, 3.8) is 0 Å². The SMILES string of the molecule is C[Si](C)(C)Cc1[c-]c(C[Si](C)(C)C)cc(C[Si](C)(C)C)c1.[Li+]. The maximum absolute atomic E-state index is 3.77. The van der Waals surface area contributed by atoms with Crippen LogP contribution in [0.15, 0.2) is 12.1 Å². The molecule has 1 aromatic rings.